The number of amides is 2. The predicted molar refractivity (Wildman–Crippen MR) is 50.6 cm³/mol. The Morgan fingerprint density at radius 1 is 1.47 bits per heavy atom. The number of nitrogens with zero attached hydrogens (tertiary/aromatic N) is 2. The van der Waals surface area contributed by atoms with Crippen LogP contribution < -0.4 is 35.3 Å². The van der Waals surface area contributed by atoms with Crippen molar-refractivity contribution < 1.29 is 51.6 Å². The molecule has 2 rings (SSSR count). The number of carbonyl (C=O) groups is 1. The molecule has 2 N–H and O–H groups in total. The molecule has 0 spiro atoms. The molecule has 10 heteroatoms. The zero-order chi connectivity index (χ0) is 11.9. The summed E-state index contributed by atoms with van der Waals surface area (Å²) < 4.78 is 35.5. The van der Waals surface area contributed by atoms with Crippen molar-refractivity contribution in [2.24, 2.45) is 5.73 Å². The van der Waals surface area contributed by atoms with Crippen LogP contribution in [0.5, 0.6) is 0 Å². The topological polar surface area (TPSA) is 116 Å². The summed E-state index contributed by atoms with van der Waals surface area (Å²) in [6.07, 6.45) is 1.27. The molecule has 2 saturated heterocycles. The van der Waals surface area contributed by atoms with Gasteiger partial charge < -0.3 is 15.2 Å². The van der Waals surface area contributed by atoms with Crippen molar-refractivity contribution in [2.45, 2.75) is 24.9 Å². The molecule has 92 valence electrons. The summed E-state index contributed by atoms with van der Waals surface area (Å²) >= 11 is 0. The van der Waals surface area contributed by atoms with E-state index in [-0.39, 0.29) is 41.6 Å². The van der Waals surface area contributed by atoms with Crippen LogP contribution in [0.1, 0.15) is 12.8 Å². The quantitative estimate of drug-likeness (QED) is 0.315. The van der Waals surface area contributed by atoms with Gasteiger partial charge in [-0.2, -0.15) is 9.35 Å². The number of hydrogen-bond donors (Lipinski definition) is 1. The second kappa shape index (κ2) is 5.39. The zero-order valence-corrected chi connectivity index (χ0v) is 12.2. The number of piperidine rings is 1. The van der Waals surface area contributed by atoms with E-state index in [9.17, 15) is 17.8 Å². The largest absolute Gasteiger partial charge is 1.00 e. The van der Waals surface area contributed by atoms with Crippen molar-refractivity contribution in [3.05, 3.63) is 0 Å². The maximum Gasteiger partial charge on any atom is 1.00 e. The van der Waals surface area contributed by atoms with Gasteiger partial charge in [0.05, 0.1) is 6.04 Å². The summed E-state index contributed by atoms with van der Waals surface area (Å²) in [6.45, 7) is 0.673. The zero-order valence-electron chi connectivity index (χ0n) is 9.40. The first-order chi connectivity index (χ1) is 7.42. The van der Waals surface area contributed by atoms with Gasteiger partial charge in [0.2, 0.25) is 10.4 Å². The minimum Gasteiger partial charge on any atom is -0.724 e. The Kier molecular flexibility index (Phi) is 4.81. The number of urea groups is 1. The van der Waals surface area contributed by atoms with E-state index in [1.54, 1.807) is 0 Å². The number of carbonyl (C=O) groups excluding carboxylic acids is 1. The maximum absolute atomic E-state index is 11.7. The molecule has 2 aliphatic rings. The molecule has 0 aromatic heterocycles. The molecule has 0 aromatic carbocycles. The average molecular weight is 273 g/mol. The Morgan fingerprint density at radius 2 is 2.12 bits per heavy atom. The van der Waals surface area contributed by atoms with Crippen LogP contribution >= 0.6 is 0 Å². The van der Waals surface area contributed by atoms with E-state index >= 15 is 0 Å². The Balaban J connectivity index is 0.00000144. The van der Waals surface area contributed by atoms with Gasteiger partial charge in [-0.25, -0.2) is 13.2 Å². The summed E-state index contributed by atoms with van der Waals surface area (Å²) in [7, 11) is -4.91. The second-order valence-electron chi connectivity index (χ2n) is 3.86. The molecule has 2 fully saturated rings. The van der Waals surface area contributed by atoms with Gasteiger partial charge in [-0.05, 0) is 12.8 Å². The molecule has 0 aromatic rings. The van der Waals surface area contributed by atoms with E-state index in [1.807, 2.05) is 0 Å². The van der Waals surface area contributed by atoms with Crippen LogP contribution in [0.3, 0.4) is 0 Å². The molecule has 0 aliphatic carbocycles. The summed E-state index contributed by atoms with van der Waals surface area (Å²) in [6, 6.07) is -1.08. The second-order valence-corrected chi connectivity index (χ2v) is 4.83. The Morgan fingerprint density at radius 3 is 2.65 bits per heavy atom. The third kappa shape index (κ3) is 3.11. The fourth-order valence-corrected chi connectivity index (χ4v) is 2.53. The maximum atomic E-state index is 11.7. The molecule has 2 atom stereocenters. The standard InChI is InChI=1S/C7H13N3O5S.Na/c8-3-5-1-2-6-4-9(5)7(11)10(6)15-16(12,13)14;/h5-6H,1-4,8H2,(H,12,13,14);/q;+1/p-1/t5-,6+;/m0./s1. The summed E-state index contributed by atoms with van der Waals surface area (Å²) in [5.74, 6) is 0. The number of rotatable bonds is 3. The van der Waals surface area contributed by atoms with Crippen molar-refractivity contribution >= 4 is 16.4 Å². The molecule has 0 saturated carbocycles. The van der Waals surface area contributed by atoms with Crippen LogP contribution in [-0.4, -0.2) is 54.1 Å². The Hall–Kier alpha value is 0.1000. The fourth-order valence-electron chi connectivity index (χ4n) is 2.15. The number of hydrogen-bond acceptors (Lipinski definition) is 6. The Labute approximate surface area is 121 Å². The van der Waals surface area contributed by atoms with Gasteiger partial charge >= 0.3 is 35.6 Å². The first-order valence-electron chi connectivity index (χ1n) is 4.87. The van der Waals surface area contributed by atoms with Crippen LogP contribution in [0, 0.1) is 0 Å². The predicted octanol–water partition coefficient (Wildman–Crippen LogP) is -4.39. The van der Waals surface area contributed by atoms with Crippen molar-refractivity contribution in [3.8, 4) is 0 Å². The normalized spacial score (nSPS) is 28.2. The number of nitrogens with two attached hydrogens (primary N) is 1. The van der Waals surface area contributed by atoms with E-state index in [2.05, 4.69) is 4.28 Å². The molecule has 8 nitrogen and oxygen atoms in total. The van der Waals surface area contributed by atoms with Crippen LogP contribution in [0.15, 0.2) is 0 Å². The molecule has 17 heavy (non-hydrogen) atoms. The van der Waals surface area contributed by atoms with Gasteiger partial charge in [-0.15, -0.1) is 0 Å². The monoisotopic (exact) mass is 273 g/mol. The summed E-state index contributed by atoms with van der Waals surface area (Å²) in [5.41, 5.74) is 5.49. The van der Waals surface area contributed by atoms with Gasteiger partial charge in [0.1, 0.15) is 0 Å². The molecule has 2 heterocycles. The van der Waals surface area contributed by atoms with E-state index in [4.69, 9.17) is 5.73 Å². The van der Waals surface area contributed by atoms with Gasteiger partial charge in [0, 0.05) is 19.1 Å². The van der Waals surface area contributed by atoms with Crippen LogP contribution in [0.25, 0.3) is 0 Å². The van der Waals surface area contributed by atoms with Crippen LogP contribution in [0.4, 0.5) is 4.79 Å². The summed E-state index contributed by atoms with van der Waals surface area (Å²) in [4.78, 5) is 13.1. The molecular weight excluding hydrogens is 261 g/mol. The van der Waals surface area contributed by atoms with Gasteiger partial charge in [-0.3, -0.25) is 0 Å². The smallest absolute Gasteiger partial charge is 0.724 e. The first kappa shape index (κ1) is 15.2. The van der Waals surface area contributed by atoms with E-state index in [0.29, 0.717) is 31.0 Å². The van der Waals surface area contributed by atoms with E-state index in [0.717, 1.165) is 0 Å². The van der Waals surface area contributed by atoms with Gasteiger partial charge in [0.25, 0.3) is 0 Å². The fraction of sp³-hybridized carbons (Fsp3) is 0.857. The van der Waals surface area contributed by atoms with Crippen molar-refractivity contribution in [2.75, 3.05) is 13.1 Å². The third-order valence-corrected chi connectivity index (χ3v) is 3.23. The van der Waals surface area contributed by atoms with Crippen molar-refractivity contribution in [1.29, 1.82) is 0 Å². The van der Waals surface area contributed by atoms with Crippen molar-refractivity contribution in [1.82, 2.24) is 9.96 Å². The third-order valence-electron chi connectivity index (χ3n) is 2.89. The van der Waals surface area contributed by atoms with E-state index in [1.165, 1.54) is 4.90 Å². The molecule has 0 unspecified atom stereocenters. The molecule has 2 amide bonds. The SMILES string of the molecule is NC[C@@H]1CC[C@@H]2CN1C(=O)N2OS(=O)(=O)[O-].[Na+]. The first-order valence-corrected chi connectivity index (χ1v) is 6.21. The van der Waals surface area contributed by atoms with E-state index < -0.39 is 16.4 Å². The number of hydroxylamine groups is 2. The molecular formula is C7H12N3NaO5S. The minimum atomic E-state index is -4.91. The summed E-state index contributed by atoms with van der Waals surface area (Å²) in [5, 5.41) is 0.651. The van der Waals surface area contributed by atoms with Crippen LogP contribution in [-0.2, 0) is 14.7 Å². The van der Waals surface area contributed by atoms with Gasteiger partial charge in [0.15, 0.2) is 0 Å². The average Bonchev–Trinajstić information content (AvgIpc) is 2.43. The molecule has 2 bridgehead atoms. The molecule has 2 aliphatic heterocycles. The molecule has 0 radical (unpaired) electrons. The minimum absolute atomic E-state index is 0. The number of fused-ring (bicyclic) bond motifs is 2. The van der Waals surface area contributed by atoms with Crippen molar-refractivity contribution in [3.63, 3.8) is 0 Å². The van der Waals surface area contributed by atoms with Gasteiger partial charge in [-0.1, -0.05) is 0 Å². The Bertz CT molecular complexity index is 402. The van der Waals surface area contributed by atoms with Crippen LogP contribution in [0.2, 0.25) is 0 Å².